The van der Waals surface area contributed by atoms with Gasteiger partial charge in [0.25, 0.3) is 0 Å². The van der Waals surface area contributed by atoms with Crippen LogP contribution < -0.4 is 10.1 Å². The second-order valence-electron chi connectivity index (χ2n) is 5.13. The Morgan fingerprint density at radius 3 is 2.90 bits per heavy atom. The van der Waals surface area contributed by atoms with Crippen LogP contribution >= 0.6 is 0 Å². The molecule has 21 heavy (non-hydrogen) atoms. The van der Waals surface area contributed by atoms with E-state index in [1.165, 1.54) is 5.56 Å². The summed E-state index contributed by atoms with van der Waals surface area (Å²) in [5.74, 6) is 2.03. The van der Waals surface area contributed by atoms with E-state index in [1.54, 1.807) is 7.11 Å². The van der Waals surface area contributed by atoms with Crippen LogP contribution in [0.25, 0.3) is 0 Å². The van der Waals surface area contributed by atoms with Gasteiger partial charge in [-0.1, -0.05) is 26.0 Å². The summed E-state index contributed by atoms with van der Waals surface area (Å²) in [5.41, 5.74) is 1.25. The van der Waals surface area contributed by atoms with E-state index in [0.717, 1.165) is 37.5 Å². The molecule has 0 amide bonds. The van der Waals surface area contributed by atoms with E-state index in [0.29, 0.717) is 0 Å². The quantitative estimate of drug-likeness (QED) is 0.810. The zero-order valence-electron chi connectivity index (χ0n) is 13.2. The highest BCUT2D eigenvalue weighted by atomic mass is 16.5. The number of ether oxygens (including phenoxy) is 1. The Balaban J connectivity index is 2.20. The van der Waals surface area contributed by atoms with E-state index in [-0.39, 0.29) is 6.04 Å². The van der Waals surface area contributed by atoms with Crippen LogP contribution in [0.3, 0.4) is 0 Å². The first-order valence-electron chi connectivity index (χ1n) is 7.65. The molecule has 1 aromatic heterocycles. The van der Waals surface area contributed by atoms with Crippen molar-refractivity contribution in [2.45, 2.75) is 39.3 Å². The predicted octanol–water partition coefficient (Wildman–Crippen LogP) is 3.20. The number of benzene rings is 1. The maximum Gasteiger partial charge on any atom is 0.119 e. The second kappa shape index (κ2) is 7.84. The third-order valence-corrected chi connectivity index (χ3v) is 3.63. The van der Waals surface area contributed by atoms with Crippen molar-refractivity contribution in [3.63, 3.8) is 0 Å². The van der Waals surface area contributed by atoms with Crippen molar-refractivity contribution in [2.24, 2.45) is 0 Å². The number of hydrogen-bond acceptors (Lipinski definition) is 3. The average molecular weight is 287 g/mol. The predicted molar refractivity (Wildman–Crippen MR) is 85.6 cm³/mol. The summed E-state index contributed by atoms with van der Waals surface area (Å²) in [4.78, 5) is 4.41. The Morgan fingerprint density at radius 1 is 1.33 bits per heavy atom. The molecule has 0 saturated heterocycles. The van der Waals surface area contributed by atoms with E-state index in [2.05, 4.69) is 47.0 Å². The van der Waals surface area contributed by atoms with Crippen LogP contribution in [-0.4, -0.2) is 23.2 Å². The van der Waals surface area contributed by atoms with E-state index in [9.17, 15) is 0 Å². The molecule has 1 atom stereocenters. The third-order valence-electron chi connectivity index (χ3n) is 3.63. The Bertz CT molecular complexity index is 550. The number of aromatic nitrogens is 2. The number of nitrogens with zero attached hydrogens (tertiary/aromatic N) is 2. The molecule has 0 spiro atoms. The van der Waals surface area contributed by atoms with Crippen molar-refractivity contribution < 1.29 is 4.74 Å². The Kier molecular flexibility index (Phi) is 5.81. The maximum absolute atomic E-state index is 5.34. The molecule has 0 aliphatic heterocycles. The Hall–Kier alpha value is -1.81. The van der Waals surface area contributed by atoms with E-state index in [1.807, 2.05) is 18.3 Å². The summed E-state index contributed by atoms with van der Waals surface area (Å²) in [6.45, 7) is 6.21. The molecule has 114 valence electrons. The van der Waals surface area contributed by atoms with Gasteiger partial charge in [-0.3, -0.25) is 0 Å². The second-order valence-corrected chi connectivity index (χ2v) is 5.13. The molecule has 1 heterocycles. The summed E-state index contributed by atoms with van der Waals surface area (Å²) >= 11 is 0. The van der Waals surface area contributed by atoms with Gasteiger partial charge >= 0.3 is 0 Å². The first-order chi connectivity index (χ1) is 10.3. The summed E-state index contributed by atoms with van der Waals surface area (Å²) in [6, 6.07) is 8.55. The van der Waals surface area contributed by atoms with Crippen LogP contribution in [0.1, 0.15) is 37.7 Å². The fourth-order valence-electron chi connectivity index (χ4n) is 2.48. The fraction of sp³-hybridized carbons (Fsp3) is 0.471. The average Bonchev–Trinajstić information content (AvgIpc) is 2.98. The van der Waals surface area contributed by atoms with Gasteiger partial charge in [-0.15, -0.1) is 0 Å². The van der Waals surface area contributed by atoms with Gasteiger partial charge in [-0.05, 0) is 30.7 Å². The topological polar surface area (TPSA) is 39.1 Å². The SMILES string of the molecule is CCCNC(Cn1ccnc1CC)c1cccc(OC)c1. The van der Waals surface area contributed by atoms with Gasteiger partial charge in [0, 0.05) is 25.4 Å². The Morgan fingerprint density at radius 2 is 2.19 bits per heavy atom. The fourth-order valence-corrected chi connectivity index (χ4v) is 2.48. The molecule has 2 aromatic rings. The lowest BCUT2D eigenvalue weighted by Crippen LogP contribution is -2.26. The molecular weight excluding hydrogens is 262 g/mol. The minimum Gasteiger partial charge on any atom is -0.497 e. The molecule has 0 aliphatic carbocycles. The standard InChI is InChI=1S/C17H25N3O/c1-4-9-18-16(13-20-11-10-19-17(20)5-2)14-7-6-8-15(12-14)21-3/h6-8,10-12,16,18H,4-5,9,13H2,1-3H3. The number of hydrogen-bond donors (Lipinski definition) is 1. The minimum absolute atomic E-state index is 0.263. The van der Waals surface area contributed by atoms with Crippen LogP contribution in [0.5, 0.6) is 5.75 Å². The summed E-state index contributed by atoms with van der Waals surface area (Å²) in [5, 5.41) is 3.62. The van der Waals surface area contributed by atoms with Gasteiger partial charge in [-0.25, -0.2) is 4.98 Å². The van der Waals surface area contributed by atoms with Crippen molar-refractivity contribution in [3.8, 4) is 5.75 Å². The normalized spacial score (nSPS) is 12.3. The number of methoxy groups -OCH3 is 1. The van der Waals surface area contributed by atoms with Crippen molar-refractivity contribution in [1.82, 2.24) is 14.9 Å². The van der Waals surface area contributed by atoms with Crippen LogP contribution in [0.15, 0.2) is 36.7 Å². The maximum atomic E-state index is 5.34. The lowest BCUT2D eigenvalue weighted by Gasteiger charge is -2.21. The number of nitrogens with one attached hydrogen (secondary N) is 1. The van der Waals surface area contributed by atoms with Crippen LogP contribution in [0.2, 0.25) is 0 Å². The van der Waals surface area contributed by atoms with Crippen molar-refractivity contribution >= 4 is 0 Å². The zero-order valence-corrected chi connectivity index (χ0v) is 13.2. The highest BCUT2D eigenvalue weighted by Crippen LogP contribution is 2.21. The molecule has 1 N–H and O–H groups in total. The first-order valence-corrected chi connectivity index (χ1v) is 7.65. The largest absolute Gasteiger partial charge is 0.497 e. The number of aryl methyl sites for hydroxylation is 1. The van der Waals surface area contributed by atoms with Gasteiger partial charge in [0.05, 0.1) is 13.2 Å². The lowest BCUT2D eigenvalue weighted by molar-refractivity contribution is 0.410. The van der Waals surface area contributed by atoms with Gasteiger partial charge in [0.2, 0.25) is 0 Å². The lowest BCUT2D eigenvalue weighted by atomic mass is 10.1. The highest BCUT2D eigenvalue weighted by Gasteiger charge is 2.13. The molecular formula is C17H25N3O. The highest BCUT2D eigenvalue weighted by molar-refractivity contribution is 5.30. The minimum atomic E-state index is 0.263. The number of imidazole rings is 1. The van der Waals surface area contributed by atoms with Gasteiger partial charge in [-0.2, -0.15) is 0 Å². The van der Waals surface area contributed by atoms with Crippen LogP contribution in [0, 0.1) is 0 Å². The van der Waals surface area contributed by atoms with Gasteiger partial charge < -0.3 is 14.6 Å². The molecule has 2 rings (SSSR count). The van der Waals surface area contributed by atoms with Crippen LogP contribution in [0.4, 0.5) is 0 Å². The van der Waals surface area contributed by atoms with Crippen molar-refractivity contribution in [2.75, 3.05) is 13.7 Å². The molecule has 0 bridgehead atoms. The van der Waals surface area contributed by atoms with Crippen LogP contribution in [-0.2, 0) is 13.0 Å². The molecule has 0 saturated carbocycles. The zero-order chi connectivity index (χ0) is 15.1. The van der Waals surface area contributed by atoms with E-state index < -0.39 is 0 Å². The first kappa shape index (κ1) is 15.6. The van der Waals surface area contributed by atoms with Gasteiger partial charge in [0.1, 0.15) is 11.6 Å². The number of rotatable bonds is 8. The van der Waals surface area contributed by atoms with Gasteiger partial charge in [0.15, 0.2) is 0 Å². The monoisotopic (exact) mass is 287 g/mol. The molecule has 1 aromatic carbocycles. The van der Waals surface area contributed by atoms with E-state index in [4.69, 9.17) is 4.74 Å². The van der Waals surface area contributed by atoms with E-state index >= 15 is 0 Å². The molecule has 1 unspecified atom stereocenters. The summed E-state index contributed by atoms with van der Waals surface area (Å²) in [6.07, 6.45) is 6.00. The molecule has 0 radical (unpaired) electrons. The summed E-state index contributed by atoms with van der Waals surface area (Å²) < 4.78 is 7.57. The molecule has 0 fully saturated rings. The third kappa shape index (κ3) is 4.08. The Labute approximate surface area is 127 Å². The molecule has 4 heteroatoms. The molecule has 4 nitrogen and oxygen atoms in total. The smallest absolute Gasteiger partial charge is 0.119 e. The molecule has 0 aliphatic rings. The van der Waals surface area contributed by atoms with Crippen molar-refractivity contribution in [3.05, 3.63) is 48.0 Å². The van der Waals surface area contributed by atoms with Crippen molar-refractivity contribution in [1.29, 1.82) is 0 Å². The summed E-state index contributed by atoms with van der Waals surface area (Å²) in [7, 11) is 1.71.